The molecule has 2 fully saturated rings. The van der Waals surface area contributed by atoms with Gasteiger partial charge in [0.1, 0.15) is 5.54 Å². The van der Waals surface area contributed by atoms with Crippen molar-refractivity contribution in [3.8, 4) is 0 Å². The average molecular weight is 357 g/mol. The Balaban J connectivity index is 1.93. The van der Waals surface area contributed by atoms with Gasteiger partial charge in [0, 0.05) is 22.8 Å². The van der Waals surface area contributed by atoms with Crippen LogP contribution in [0.2, 0.25) is 0 Å². The SMILES string of the molecule is CC(O)C1NC2(C(=O)Nc3ccccc32)[C@@H]2C(=O)N(C(C)(C)C)C(=O)[C@H]12. The summed E-state index contributed by atoms with van der Waals surface area (Å²) < 4.78 is 0. The van der Waals surface area contributed by atoms with Crippen LogP contribution in [-0.4, -0.2) is 45.4 Å². The van der Waals surface area contributed by atoms with Crippen LogP contribution in [0.4, 0.5) is 5.69 Å². The van der Waals surface area contributed by atoms with E-state index < -0.39 is 35.1 Å². The first kappa shape index (κ1) is 17.2. The first-order valence-corrected chi connectivity index (χ1v) is 8.85. The van der Waals surface area contributed by atoms with Gasteiger partial charge in [0.2, 0.25) is 17.7 Å². The molecule has 3 amide bonds. The molecular weight excluding hydrogens is 334 g/mol. The van der Waals surface area contributed by atoms with Gasteiger partial charge in [-0.3, -0.25) is 24.6 Å². The Hall–Kier alpha value is -2.25. The second-order valence-corrected chi connectivity index (χ2v) is 8.40. The maximum absolute atomic E-state index is 13.3. The lowest BCUT2D eigenvalue weighted by molar-refractivity contribution is -0.148. The van der Waals surface area contributed by atoms with Crippen molar-refractivity contribution in [1.82, 2.24) is 10.2 Å². The Labute approximate surface area is 151 Å². The van der Waals surface area contributed by atoms with Gasteiger partial charge in [-0.2, -0.15) is 0 Å². The van der Waals surface area contributed by atoms with Gasteiger partial charge < -0.3 is 10.4 Å². The number of para-hydroxylation sites is 1. The molecule has 3 unspecified atom stereocenters. The number of aliphatic hydroxyl groups excluding tert-OH is 1. The minimum atomic E-state index is -1.34. The third-order valence-electron chi connectivity index (χ3n) is 5.75. The molecule has 0 radical (unpaired) electrons. The quantitative estimate of drug-likeness (QED) is 0.639. The Bertz CT molecular complexity index is 828. The van der Waals surface area contributed by atoms with Gasteiger partial charge in [0.15, 0.2) is 0 Å². The van der Waals surface area contributed by atoms with Gasteiger partial charge in [0.25, 0.3) is 0 Å². The molecule has 4 rings (SSSR count). The molecule has 3 aliphatic rings. The van der Waals surface area contributed by atoms with Crippen LogP contribution < -0.4 is 10.6 Å². The van der Waals surface area contributed by atoms with Crippen molar-refractivity contribution in [2.24, 2.45) is 11.8 Å². The molecule has 3 aliphatic heterocycles. The Morgan fingerprint density at radius 1 is 1.15 bits per heavy atom. The lowest BCUT2D eigenvalue weighted by Crippen LogP contribution is -2.57. The van der Waals surface area contributed by atoms with Crippen LogP contribution in [-0.2, 0) is 19.9 Å². The van der Waals surface area contributed by atoms with E-state index in [1.54, 1.807) is 52.0 Å². The number of nitrogens with one attached hydrogen (secondary N) is 2. The number of hydrogen-bond acceptors (Lipinski definition) is 5. The number of amides is 3. The number of imide groups is 1. The highest BCUT2D eigenvalue weighted by Crippen LogP contribution is 2.54. The monoisotopic (exact) mass is 357 g/mol. The summed E-state index contributed by atoms with van der Waals surface area (Å²) in [5, 5.41) is 16.3. The Morgan fingerprint density at radius 3 is 2.42 bits per heavy atom. The predicted molar refractivity (Wildman–Crippen MR) is 93.9 cm³/mol. The fraction of sp³-hybridized carbons (Fsp3) is 0.526. The molecule has 1 spiro atoms. The van der Waals surface area contributed by atoms with Crippen molar-refractivity contribution in [3.63, 3.8) is 0 Å². The van der Waals surface area contributed by atoms with Crippen LogP contribution in [0.3, 0.4) is 0 Å². The number of carbonyl (C=O) groups is 3. The molecule has 138 valence electrons. The Morgan fingerprint density at radius 2 is 1.81 bits per heavy atom. The molecule has 0 saturated carbocycles. The summed E-state index contributed by atoms with van der Waals surface area (Å²) >= 11 is 0. The lowest BCUT2D eigenvalue weighted by Gasteiger charge is -2.35. The summed E-state index contributed by atoms with van der Waals surface area (Å²) in [5.74, 6) is -2.71. The second kappa shape index (κ2) is 5.14. The number of aliphatic hydroxyl groups is 1. The molecule has 1 aromatic rings. The van der Waals surface area contributed by atoms with Gasteiger partial charge in [-0.1, -0.05) is 18.2 Å². The minimum absolute atomic E-state index is 0.333. The van der Waals surface area contributed by atoms with E-state index in [4.69, 9.17) is 0 Å². The van der Waals surface area contributed by atoms with E-state index in [0.717, 1.165) is 0 Å². The summed E-state index contributed by atoms with van der Waals surface area (Å²) in [7, 11) is 0. The van der Waals surface area contributed by atoms with Gasteiger partial charge in [-0.05, 0) is 33.8 Å². The summed E-state index contributed by atoms with van der Waals surface area (Å²) in [6, 6.07) is 6.49. The molecule has 2 saturated heterocycles. The van der Waals surface area contributed by atoms with E-state index >= 15 is 0 Å². The van der Waals surface area contributed by atoms with E-state index in [-0.39, 0.29) is 17.7 Å². The standard InChI is InChI=1S/C19H23N3O4/c1-9(23)14-12-13(16(25)22(15(12)24)18(2,3)4)19(21-14)10-7-5-6-8-11(10)20-17(19)26/h5-9,12-14,21,23H,1-4H3,(H,20,26)/t9?,12-,13-,14?,19?/m0/s1. The molecule has 7 heteroatoms. The molecule has 0 aliphatic carbocycles. The fourth-order valence-corrected chi connectivity index (χ4v) is 4.76. The van der Waals surface area contributed by atoms with Gasteiger partial charge >= 0.3 is 0 Å². The highest BCUT2D eigenvalue weighted by molar-refractivity contribution is 6.15. The van der Waals surface area contributed by atoms with Crippen LogP contribution >= 0.6 is 0 Å². The van der Waals surface area contributed by atoms with Crippen LogP contribution in [0.15, 0.2) is 24.3 Å². The zero-order valence-corrected chi connectivity index (χ0v) is 15.2. The summed E-state index contributed by atoms with van der Waals surface area (Å²) in [6.07, 6.45) is -0.890. The minimum Gasteiger partial charge on any atom is -0.392 e. The van der Waals surface area contributed by atoms with Crippen LogP contribution in [0.5, 0.6) is 0 Å². The number of hydrogen-bond donors (Lipinski definition) is 3. The van der Waals surface area contributed by atoms with Crippen LogP contribution in [0, 0.1) is 11.8 Å². The van der Waals surface area contributed by atoms with Crippen molar-refractivity contribution >= 4 is 23.4 Å². The van der Waals surface area contributed by atoms with Crippen LogP contribution in [0.1, 0.15) is 33.3 Å². The Kier molecular flexibility index (Phi) is 3.40. The number of carbonyl (C=O) groups excluding carboxylic acids is 3. The molecule has 3 heterocycles. The maximum atomic E-state index is 13.3. The number of benzene rings is 1. The molecule has 3 N–H and O–H groups in total. The first-order valence-electron chi connectivity index (χ1n) is 8.85. The van der Waals surface area contributed by atoms with E-state index in [9.17, 15) is 19.5 Å². The molecule has 5 atom stereocenters. The highest BCUT2D eigenvalue weighted by Gasteiger charge is 2.71. The van der Waals surface area contributed by atoms with Gasteiger partial charge in [-0.15, -0.1) is 0 Å². The zero-order chi connectivity index (χ0) is 19.0. The van der Waals surface area contributed by atoms with Crippen LogP contribution in [0.25, 0.3) is 0 Å². The fourth-order valence-electron chi connectivity index (χ4n) is 4.76. The van der Waals surface area contributed by atoms with E-state index in [1.165, 1.54) is 4.90 Å². The second-order valence-electron chi connectivity index (χ2n) is 8.40. The number of fused-ring (bicyclic) bond motifs is 4. The van der Waals surface area contributed by atoms with Crippen molar-refractivity contribution in [1.29, 1.82) is 0 Å². The molecule has 1 aromatic carbocycles. The predicted octanol–water partition coefficient (Wildman–Crippen LogP) is 0.586. The summed E-state index contributed by atoms with van der Waals surface area (Å²) in [4.78, 5) is 40.8. The summed E-state index contributed by atoms with van der Waals surface area (Å²) in [6.45, 7) is 6.96. The van der Waals surface area contributed by atoms with E-state index in [1.807, 2.05) is 0 Å². The molecule has 26 heavy (non-hydrogen) atoms. The van der Waals surface area contributed by atoms with E-state index in [0.29, 0.717) is 11.3 Å². The normalized spacial score (nSPS) is 34.3. The molecule has 0 aromatic heterocycles. The number of nitrogens with zero attached hydrogens (tertiary/aromatic N) is 1. The van der Waals surface area contributed by atoms with Crippen molar-refractivity contribution in [3.05, 3.63) is 29.8 Å². The number of anilines is 1. The average Bonchev–Trinajstić information content (AvgIpc) is 3.12. The zero-order valence-electron chi connectivity index (χ0n) is 15.2. The summed E-state index contributed by atoms with van der Waals surface area (Å²) in [5.41, 5.74) is -0.753. The topological polar surface area (TPSA) is 98.7 Å². The van der Waals surface area contributed by atoms with Gasteiger partial charge in [-0.25, -0.2) is 0 Å². The lowest BCUT2D eigenvalue weighted by atomic mass is 9.76. The first-order chi connectivity index (χ1) is 12.1. The van der Waals surface area contributed by atoms with Gasteiger partial charge in [0.05, 0.1) is 17.9 Å². The third kappa shape index (κ3) is 1.92. The molecule has 0 bridgehead atoms. The largest absolute Gasteiger partial charge is 0.392 e. The highest BCUT2D eigenvalue weighted by atomic mass is 16.3. The van der Waals surface area contributed by atoms with Crippen molar-refractivity contribution in [2.45, 2.75) is 50.9 Å². The maximum Gasteiger partial charge on any atom is 0.250 e. The third-order valence-corrected chi connectivity index (χ3v) is 5.75. The smallest absolute Gasteiger partial charge is 0.250 e. The molecular formula is C19H23N3O4. The number of rotatable bonds is 1. The van der Waals surface area contributed by atoms with Crippen molar-refractivity contribution < 1.29 is 19.5 Å². The van der Waals surface area contributed by atoms with Crippen molar-refractivity contribution in [2.75, 3.05) is 5.32 Å². The number of likely N-dealkylation sites (tertiary alicyclic amines) is 1. The van der Waals surface area contributed by atoms with E-state index in [2.05, 4.69) is 10.6 Å². The molecule has 7 nitrogen and oxygen atoms in total.